The minimum absolute atomic E-state index is 0.250. The fourth-order valence-electron chi connectivity index (χ4n) is 1.14. The van der Waals surface area contributed by atoms with Crippen LogP contribution in [0.2, 0.25) is 5.02 Å². The van der Waals surface area contributed by atoms with Crippen LogP contribution in [0.3, 0.4) is 0 Å². The van der Waals surface area contributed by atoms with Gasteiger partial charge in [0.05, 0.1) is 16.3 Å². The third-order valence-electron chi connectivity index (χ3n) is 2.14. The first-order valence-corrected chi connectivity index (χ1v) is 5.31. The van der Waals surface area contributed by atoms with E-state index in [9.17, 15) is 9.59 Å². The fourth-order valence-corrected chi connectivity index (χ4v) is 1.32. The summed E-state index contributed by atoms with van der Waals surface area (Å²) in [5.74, 6) is -0.997. The zero-order valence-electron chi connectivity index (χ0n) is 9.49. The molecule has 0 radical (unpaired) electrons. The largest absolute Gasteiger partial charge is 0.449 e. The van der Waals surface area contributed by atoms with Crippen LogP contribution < -0.4 is 11.1 Å². The number of anilines is 1. The Balaban J connectivity index is 2.76. The molecule has 6 heteroatoms. The quantitative estimate of drug-likeness (QED) is 0.629. The molecule has 0 saturated carbocycles. The van der Waals surface area contributed by atoms with Gasteiger partial charge >= 0.3 is 5.97 Å². The second-order valence-electron chi connectivity index (χ2n) is 3.40. The fraction of sp³-hybridized carbons (Fsp3) is 0.273. The summed E-state index contributed by atoms with van der Waals surface area (Å²) in [6.07, 6.45) is -0.858. The van der Waals surface area contributed by atoms with E-state index in [-0.39, 0.29) is 16.5 Å². The molecule has 0 fully saturated rings. The maximum absolute atomic E-state index is 11.6. The van der Waals surface area contributed by atoms with Crippen molar-refractivity contribution in [2.75, 3.05) is 12.8 Å². The SMILES string of the molecule is CNC(=O)C(C)OC(=O)c1ccc(N)c(Cl)c1. The normalized spacial score (nSPS) is 11.7. The van der Waals surface area contributed by atoms with Gasteiger partial charge in [-0.25, -0.2) is 4.79 Å². The lowest BCUT2D eigenvalue weighted by Gasteiger charge is -2.11. The number of hydrogen-bond donors (Lipinski definition) is 2. The molecule has 3 N–H and O–H groups in total. The Morgan fingerprint density at radius 3 is 2.65 bits per heavy atom. The molecule has 0 aliphatic rings. The van der Waals surface area contributed by atoms with E-state index < -0.39 is 12.1 Å². The molecular weight excluding hydrogens is 244 g/mol. The molecule has 0 aliphatic carbocycles. The standard InChI is InChI=1S/C11H13ClN2O3/c1-6(10(15)14-2)17-11(16)7-3-4-9(13)8(12)5-7/h3-6H,13H2,1-2H3,(H,14,15). The van der Waals surface area contributed by atoms with Gasteiger partial charge in [-0.3, -0.25) is 4.79 Å². The Kier molecular flexibility index (Phi) is 4.34. The average Bonchev–Trinajstić information content (AvgIpc) is 2.31. The minimum atomic E-state index is -0.858. The average molecular weight is 257 g/mol. The van der Waals surface area contributed by atoms with Crippen molar-refractivity contribution in [2.45, 2.75) is 13.0 Å². The number of hydrogen-bond acceptors (Lipinski definition) is 4. The van der Waals surface area contributed by atoms with Crippen LogP contribution >= 0.6 is 11.6 Å². The van der Waals surface area contributed by atoms with Crippen molar-refractivity contribution in [1.82, 2.24) is 5.32 Å². The van der Waals surface area contributed by atoms with Crippen LogP contribution in [-0.4, -0.2) is 25.0 Å². The maximum atomic E-state index is 11.6. The topological polar surface area (TPSA) is 81.4 Å². The second kappa shape index (κ2) is 5.54. The third kappa shape index (κ3) is 3.35. The first-order chi connectivity index (χ1) is 7.95. The highest BCUT2D eigenvalue weighted by atomic mass is 35.5. The summed E-state index contributed by atoms with van der Waals surface area (Å²) in [5, 5.41) is 2.65. The van der Waals surface area contributed by atoms with Gasteiger partial charge in [-0.2, -0.15) is 0 Å². The number of benzene rings is 1. The molecule has 0 aromatic heterocycles. The van der Waals surface area contributed by atoms with Crippen LogP contribution in [0.1, 0.15) is 17.3 Å². The molecule has 1 aromatic rings. The highest BCUT2D eigenvalue weighted by Crippen LogP contribution is 2.20. The van der Waals surface area contributed by atoms with Gasteiger partial charge in [-0.1, -0.05) is 11.6 Å². The van der Waals surface area contributed by atoms with Crippen LogP contribution in [0.4, 0.5) is 5.69 Å². The number of ether oxygens (including phenoxy) is 1. The lowest BCUT2D eigenvalue weighted by atomic mass is 10.2. The smallest absolute Gasteiger partial charge is 0.338 e. The molecule has 1 unspecified atom stereocenters. The third-order valence-corrected chi connectivity index (χ3v) is 2.46. The number of rotatable bonds is 3. The van der Waals surface area contributed by atoms with Crippen molar-refractivity contribution in [3.8, 4) is 0 Å². The van der Waals surface area contributed by atoms with E-state index in [4.69, 9.17) is 22.1 Å². The zero-order valence-corrected chi connectivity index (χ0v) is 10.2. The second-order valence-corrected chi connectivity index (χ2v) is 3.81. The lowest BCUT2D eigenvalue weighted by Crippen LogP contribution is -2.33. The van der Waals surface area contributed by atoms with E-state index in [2.05, 4.69) is 5.32 Å². The molecule has 1 atom stereocenters. The Morgan fingerprint density at radius 1 is 1.47 bits per heavy atom. The van der Waals surface area contributed by atoms with Gasteiger partial charge in [0.15, 0.2) is 6.10 Å². The molecule has 1 aromatic carbocycles. The van der Waals surface area contributed by atoms with E-state index in [1.807, 2.05) is 0 Å². The summed E-state index contributed by atoms with van der Waals surface area (Å²) in [4.78, 5) is 22.8. The van der Waals surface area contributed by atoms with E-state index in [0.717, 1.165) is 0 Å². The number of carbonyl (C=O) groups is 2. The molecule has 0 heterocycles. The molecule has 92 valence electrons. The van der Waals surface area contributed by atoms with Crippen LogP contribution in [-0.2, 0) is 9.53 Å². The van der Waals surface area contributed by atoms with E-state index >= 15 is 0 Å². The van der Waals surface area contributed by atoms with E-state index in [0.29, 0.717) is 5.69 Å². The zero-order chi connectivity index (χ0) is 13.0. The summed E-state index contributed by atoms with van der Waals surface area (Å²) in [7, 11) is 1.47. The number of nitrogens with two attached hydrogens (primary N) is 1. The van der Waals surface area contributed by atoms with Gasteiger partial charge in [-0.15, -0.1) is 0 Å². The first-order valence-electron chi connectivity index (χ1n) is 4.93. The van der Waals surface area contributed by atoms with E-state index in [1.165, 1.54) is 32.2 Å². The summed E-state index contributed by atoms with van der Waals surface area (Å²) < 4.78 is 4.93. The Bertz CT molecular complexity index is 448. The summed E-state index contributed by atoms with van der Waals surface area (Å²) in [6.45, 7) is 1.48. The van der Waals surface area contributed by atoms with Crippen LogP contribution in [0, 0.1) is 0 Å². The molecule has 17 heavy (non-hydrogen) atoms. The van der Waals surface area contributed by atoms with Crippen molar-refractivity contribution in [2.24, 2.45) is 0 Å². The van der Waals surface area contributed by atoms with Crippen LogP contribution in [0.15, 0.2) is 18.2 Å². The molecule has 0 saturated heterocycles. The molecule has 1 rings (SSSR count). The molecule has 0 aliphatic heterocycles. The summed E-state index contributed by atoms with van der Waals surface area (Å²) in [6, 6.07) is 4.39. The molecule has 0 spiro atoms. The number of nitrogen functional groups attached to an aromatic ring is 1. The van der Waals surface area contributed by atoms with Crippen molar-refractivity contribution in [3.63, 3.8) is 0 Å². The van der Waals surface area contributed by atoms with Gasteiger partial charge in [-0.05, 0) is 25.1 Å². The first kappa shape index (κ1) is 13.3. The highest BCUT2D eigenvalue weighted by Gasteiger charge is 2.17. The van der Waals surface area contributed by atoms with Gasteiger partial charge in [0.1, 0.15) is 0 Å². The van der Waals surface area contributed by atoms with Gasteiger partial charge in [0, 0.05) is 7.05 Å². The summed E-state index contributed by atoms with van der Waals surface area (Å²) in [5.41, 5.74) is 6.14. The van der Waals surface area contributed by atoms with E-state index in [1.54, 1.807) is 0 Å². The summed E-state index contributed by atoms with van der Waals surface area (Å²) >= 11 is 5.77. The van der Waals surface area contributed by atoms with Crippen molar-refractivity contribution >= 4 is 29.2 Å². The minimum Gasteiger partial charge on any atom is -0.449 e. The maximum Gasteiger partial charge on any atom is 0.338 e. The van der Waals surface area contributed by atoms with Crippen molar-refractivity contribution in [3.05, 3.63) is 28.8 Å². The van der Waals surface area contributed by atoms with Crippen LogP contribution in [0.25, 0.3) is 0 Å². The number of nitrogens with one attached hydrogen (secondary N) is 1. The predicted octanol–water partition coefficient (Wildman–Crippen LogP) is 1.21. The molecular formula is C11H13ClN2O3. The number of amides is 1. The molecule has 1 amide bonds. The monoisotopic (exact) mass is 256 g/mol. The van der Waals surface area contributed by atoms with Crippen molar-refractivity contribution in [1.29, 1.82) is 0 Å². The number of halogens is 1. The number of esters is 1. The van der Waals surface area contributed by atoms with Crippen LogP contribution in [0.5, 0.6) is 0 Å². The Morgan fingerprint density at radius 2 is 2.12 bits per heavy atom. The Labute approximate surface area is 104 Å². The lowest BCUT2D eigenvalue weighted by molar-refractivity contribution is -0.128. The number of likely N-dealkylation sites (N-methyl/N-ethyl adjacent to an activating group) is 1. The van der Waals surface area contributed by atoms with Gasteiger partial charge in [0.25, 0.3) is 5.91 Å². The highest BCUT2D eigenvalue weighted by molar-refractivity contribution is 6.33. The van der Waals surface area contributed by atoms with Gasteiger partial charge in [0.2, 0.25) is 0 Å². The Hall–Kier alpha value is -1.75. The molecule has 0 bridgehead atoms. The van der Waals surface area contributed by atoms with Crippen molar-refractivity contribution < 1.29 is 14.3 Å². The number of carbonyl (C=O) groups excluding carboxylic acids is 2. The van der Waals surface area contributed by atoms with Gasteiger partial charge < -0.3 is 15.8 Å². The molecule has 5 nitrogen and oxygen atoms in total. The predicted molar refractivity (Wildman–Crippen MR) is 64.8 cm³/mol.